The summed E-state index contributed by atoms with van der Waals surface area (Å²) in [5.74, 6) is 1.28. The highest BCUT2D eigenvalue weighted by Crippen LogP contribution is 2.41. The van der Waals surface area contributed by atoms with E-state index in [1.54, 1.807) is 29.5 Å². The Morgan fingerprint density at radius 2 is 1.97 bits per heavy atom. The zero-order valence-corrected chi connectivity index (χ0v) is 18.4. The summed E-state index contributed by atoms with van der Waals surface area (Å²) in [4.78, 5) is 26.6. The molecule has 1 saturated heterocycles. The van der Waals surface area contributed by atoms with Gasteiger partial charge in [-0.05, 0) is 43.4 Å². The van der Waals surface area contributed by atoms with Crippen molar-refractivity contribution in [2.45, 2.75) is 32.2 Å². The summed E-state index contributed by atoms with van der Waals surface area (Å²) in [6, 6.07) is 7.13. The zero-order valence-electron chi connectivity index (χ0n) is 17.6. The molecule has 1 aliphatic heterocycles. The number of carbonyl (C=O) groups is 1. The molecule has 0 radical (unpaired) electrons. The van der Waals surface area contributed by atoms with Crippen molar-refractivity contribution in [1.29, 1.82) is 0 Å². The van der Waals surface area contributed by atoms with Gasteiger partial charge >= 0.3 is 5.97 Å². The van der Waals surface area contributed by atoms with Crippen LogP contribution < -0.4 is 4.74 Å². The molecule has 0 atom stereocenters. The molecule has 0 saturated carbocycles. The van der Waals surface area contributed by atoms with E-state index in [1.165, 1.54) is 24.0 Å². The van der Waals surface area contributed by atoms with E-state index >= 15 is 0 Å². The summed E-state index contributed by atoms with van der Waals surface area (Å²) in [7, 11) is 1.37. The number of para-hydroxylation sites is 1. The predicted molar refractivity (Wildman–Crippen MR) is 118 cm³/mol. The molecule has 1 aromatic carbocycles. The van der Waals surface area contributed by atoms with Crippen LogP contribution in [-0.2, 0) is 28.9 Å². The molecule has 31 heavy (non-hydrogen) atoms. The molecule has 8 heteroatoms. The average Bonchev–Trinajstić information content (AvgIpc) is 3.18. The van der Waals surface area contributed by atoms with Gasteiger partial charge in [0.2, 0.25) is 5.88 Å². The number of hydrogen-bond donors (Lipinski definition) is 0. The van der Waals surface area contributed by atoms with E-state index in [-0.39, 0.29) is 0 Å². The number of morpholine rings is 1. The minimum atomic E-state index is -0.429. The van der Waals surface area contributed by atoms with Crippen LogP contribution in [0.2, 0.25) is 0 Å². The van der Waals surface area contributed by atoms with Gasteiger partial charge in [-0.15, -0.1) is 11.3 Å². The van der Waals surface area contributed by atoms with Gasteiger partial charge in [0.15, 0.2) is 0 Å². The van der Waals surface area contributed by atoms with Gasteiger partial charge in [0.25, 0.3) is 0 Å². The summed E-state index contributed by atoms with van der Waals surface area (Å²) in [6.45, 7) is 3.83. The highest BCUT2D eigenvalue weighted by molar-refractivity contribution is 7.18. The van der Waals surface area contributed by atoms with Crippen LogP contribution in [0.4, 0.5) is 0 Å². The number of ether oxygens (including phenoxy) is 3. The fourth-order valence-electron chi connectivity index (χ4n) is 4.21. The highest BCUT2D eigenvalue weighted by atomic mass is 32.1. The van der Waals surface area contributed by atoms with Gasteiger partial charge in [-0.3, -0.25) is 4.90 Å². The van der Waals surface area contributed by atoms with Gasteiger partial charge in [-0.2, -0.15) is 4.98 Å². The van der Waals surface area contributed by atoms with Crippen molar-refractivity contribution in [2.24, 2.45) is 0 Å². The quantitative estimate of drug-likeness (QED) is 0.557. The number of methoxy groups -OCH3 is 1. The number of benzene rings is 1. The van der Waals surface area contributed by atoms with E-state index in [4.69, 9.17) is 24.2 Å². The zero-order chi connectivity index (χ0) is 21.2. The van der Waals surface area contributed by atoms with E-state index in [0.29, 0.717) is 23.7 Å². The Morgan fingerprint density at radius 1 is 1.16 bits per heavy atom. The average molecular weight is 440 g/mol. The van der Waals surface area contributed by atoms with E-state index < -0.39 is 5.97 Å². The van der Waals surface area contributed by atoms with Crippen LogP contribution >= 0.6 is 11.3 Å². The first-order valence-electron chi connectivity index (χ1n) is 10.7. The smallest absolute Gasteiger partial charge is 0.341 e. The standard InChI is InChI=1S/C23H25N3O4S/c1-28-23(27)15-6-2-4-8-17(15)30-21-20-16-7-3-5-9-18(16)31-22(20)25-19(24-21)14-26-10-12-29-13-11-26/h2,4,6,8H,3,5,7,9-14H2,1H3. The van der Waals surface area contributed by atoms with Crippen LogP contribution in [-0.4, -0.2) is 54.3 Å². The monoisotopic (exact) mass is 439 g/mol. The largest absolute Gasteiger partial charge is 0.465 e. The lowest BCUT2D eigenvalue weighted by molar-refractivity contribution is 0.0330. The molecule has 0 unspecified atom stereocenters. The first-order valence-corrected chi connectivity index (χ1v) is 11.5. The van der Waals surface area contributed by atoms with Crippen LogP contribution in [0, 0.1) is 0 Å². The second-order valence-electron chi connectivity index (χ2n) is 7.81. The number of rotatable bonds is 5. The number of hydrogen-bond acceptors (Lipinski definition) is 8. The van der Waals surface area contributed by atoms with E-state index in [1.807, 2.05) is 6.07 Å². The van der Waals surface area contributed by atoms with Gasteiger partial charge in [0.05, 0.1) is 32.3 Å². The van der Waals surface area contributed by atoms with Crippen LogP contribution in [0.15, 0.2) is 24.3 Å². The fourth-order valence-corrected chi connectivity index (χ4v) is 5.48. The van der Waals surface area contributed by atoms with Crippen LogP contribution in [0.5, 0.6) is 11.6 Å². The molecule has 1 fully saturated rings. The normalized spacial score (nSPS) is 16.8. The van der Waals surface area contributed by atoms with E-state index in [2.05, 4.69) is 4.90 Å². The van der Waals surface area contributed by atoms with Crippen LogP contribution in [0.25, 0.3) is 10.2 Å². The van der Waals surface area contributed by atoms with Crippen LogP contribution in [0.1, 0.15) is 39.5 Å². The first-order chi connectivity index (χ1) is 15.2. The van der Waals surface area contributed by atoms with Crippen molar-refractivity contribution >= 4 is 27.5 Å². The lowest BCUT2D eigenvalue weighted by Gasteiger charge is -2.25. The maximum Gasteiger partial charge on any atom is 0.341 e. The summed E-state index contributed by atoms with van der Waals surface area (Å²) < 4.78 is 16.7. The number of nitrogens with zero attached hydrogens (tertiary/aromatic N) is 3. The van der Waals surface area contributed by atoms with E-state index in [0.717, 1.165) is 61.6 Å². The van der Waals surface area contributed by atoms with E-state index in [9.17, 15) is 4.79 Å². The Bertz CT molecular complexity index is 1110. The predicted octanol–water partition coefficient (Wildman–Crippen LogP) is 3.98. The van der Waals surface area contributed by atoms with Gasteiger partial charge in [-0.25, -0.2) is 9.78 Å². The van der Waals surface area contributed by atoms with Gasteiger partial charge in [0.1, 0.15) is 22.0 Å². The van der Waals surface area contributed by atoms with Crippen molar-refractivity contribution in [3.8, 4) is 11.6 Å². The molecule has 1 aliphatic carbocycles. The molecule has 0 amide bonds. The third kappa shape index (κ3) is 4.15. The molecule has 0 N–H and O–H groups in total. The highest BCUT2D eigenvalue weighted by Gasteiger charge is 2.24. The minimum Gasteiger partial charge on any atom is -0.465 e. The summed E-state index contributed by atoms with van der Waals surface area (Å²) in [6.07, 6.45) is 4.45. The second-order valence-corrected chi connectivity index (χ2v) is 8.90. The molecule has 3 heterocycles. The van der Waals surface area contributed by atoms with Crippen molar-refractivity contribution in [3.05, 3.63) is 46.1 Å². The number of aromatic nitrogens is 2. The molecule has 0 bridgehead atoms. The lowest BCUT2D eigenvalue weighted by Crippen LogP contribution is -2.36. The number of aryl methyl sites for hydroxylation is 2. The Hall–Kier alpha value is -2.55. The van der Waals surface area contributed by atoms with Gasteiger partial charge < -0.3 is 14.2 Å². The van der Waals surface area contributed by atoms with Crippen molar-refractivity contribution < 1.29 is 19.0 Å². The molecule has 3 aromatic rings. The van der Waals surface area contributed by atoms with Crippen molar-refractivity contribution in [2.75, 3.05) is 33.4 Å². The summed E-state index contributed by atoms with van der Waals surface area (Å²) in [5, 5.41) is 0.991. The number of thiophene rings is 1. The first kappa shape index (κ1) is 20.4. The van der Waals surface area contributed by atoms with Crippen molar-refractivity contribution in [1.82, 2.24) is 14.9 Å². The summed E-state index contributed by atoms with van der Waals surface area (Å²) >= 11 is 1.75. The SMILES string of the molecule is COC(=O)c1ccccc1Oc1nc(CN2CCOCC2)nc2sc3c(c12)CCCC3. The molecule has 162 valence electrons. The molecule has 2 aliphatic rings. The Labute approximate surface area is 185 Å². The third-order valence-corrected chi connectivity index (χ3v) is 6.98. The maximum absolute atomic E-state index is 12.2. The topological polar surface area (TPSA) is 73.8 Å². The third-order valence-electron chi connectivity index (χ3n) is 5.80. The second kappa shape index (κ2) is 8.90. The Balaban J connectivity index is 1.58. The lowest BCUT2D eigenvalue weighted by atomic mass is 9.97. The maximum atomic E-state index is 12.2. The molecule has 2 aromatic heterocycles. The molecular weight excluding hydrogens is 414 g/mol. The number of esters is 1. The summed E-state index contributed by atoms with van der Waals surface area (Å²) in [5.41, 5.74) is 1.69. The van der Waals surface area contributed by atoms with Crippen LogP contribution in [0.3, 0.4) is 0 Å². The van der Waals surface area contributed by atoms with Crippen molar-refractivity contribution in [3.63, 3.8) is 0 Å². The Morgan fingerprint density at radius 3 is 2.81 bits per heavy atom. The molecule has 5 rings (SSSR count). The molecule has 7 nitrogen and oxygen atoms in total. The van der Waals surface area contributed by atoms with Gasteiger partial charge in [0, 0.05) is 18.0 Å². The number of carbonyl (C=O) groups excluding carboxylic acids is 1. The fraction of sp³-hybridized carbons (Fsp3) is 0.435. The van der Waals surface area contributed by atoms with Gasteiger partial charge in [-0.1, -0.05) is 12.1 Å². The molecular formula is C23H25N3O4S. The minimum absolute atomic E-state index is 0.385. The number of fused-ring (bicyclic) bond motifs is 3. The molecule has 0 spiro atoms. The Kier molecular flexibility index (Phi) is 5.85.